The maximum absolute atomic E-state index is 13.0. The first-order chi connectivity index (χ1) is 13.2. The summed E-state index contributed by atoms with van der Waals surface area (Å²) in [6.07, 6.45) is 7.03. The van der Waals surface area contributed by atoms with Gasteiger partial charge in [-0.2, -0.15) is 0 Å². The van der Waals surface area contributed by atoms with Crippen molar-refractivity contribution in [3.63, 3.8) is 0 Å². The Kier molecular flexibility index (Phi) is 4.79. The lowest BCUT2D eigenvalue weighted by Crippen LogP contribution is -2.60. The third kappa shape index (κ3) is 3.46. The molecule has 0 heterocycles. The predicted molar refractivity (Wildman–Crippen MR) is 109 cm³/mol. The van der Waals surface area contributed by atoms with Gasteiger partial charge in [0.25, 0.3) is 5.91 Å². The van der Waals surface area contributed by atoms with E-state index < -0.39 is 6.04 Å². The van der Waals surface area contributed by atoms with Crippen LogP contribution in [0.4, 0.5) is 0 Å². The smallest absolute Gasteiger partial charge is 0.328 e. The van der Waals surface area contributed by atoms with Crippen LogP contribution in [0, 0.1) is 23.2 Å². The van der Waals surface area contributed by atoms with E-state index in [-0.39, 0.29) is 22.7 Å². The molecule has 1 aromatic rings. The van der Waals surface area contributed by atoms with Gasteiger partial charge in [-0.3, -0.25) is 4.79 Å². The van der Waals surface area contributed by atoms with Crippen LogP contribution in [0.5, 0.6) is 0 Å². The second-order valence-electron chi connectivity index (χ2n) is 10.5. The highest BCUT2D eigenvalue weighted by Gasteiger charge is 2.56. The predicted octanol–water partition coefficient (Wildman–Crippen LogP) is 4.47. The van der Waals surface area contributed by atoms with Gasteiger partial charge in [0.2, 0.25) is 0 Å². The Morgan fingerprint density at radius 1 is 1.00 bits per heavy atom. The summed E-state index contributed by atoms with van der Waals surface area (Å²) in [5.74, 6) is 1.66. The van der Waals surface area contributed by atoms with Gasteiger partial charge in [0.1, 0.15) is 6.04 Å². The highest BCUT2D eigenvalue weighted by atomic mass is 16.5. The molecule has 1 N–H and O–H groups in total. The molecule has 0 aliphatic heterocycles. The molecule has 5 rings (SSSR count). The van der Waals surface area contributed by atoms with Crippen molar-refractivity contribution in [3.05, 3.63) is 35.4 Å². The summed E-state index contributed by atoms with van der Waals surface area (Å²) in [6, 6.07) is 7.20. The molecular formula is C24H33NO3. The van der Waals surface area contributed by atoms with E-state index in [4.69, 9.17) is 4.74 Å². The number of hydrogen-bond donors (Lipinski definition) is 1. The van der Waals surface area contributed by atoms with Crippen LogP contribution in [-0.4, -0.2) is 25.0 Å². The highest BCUT2D eigenvalue weighted by molar-refractivity contribution is 5.97. The molecule has 4 aliphatic carbocycles. The fraction of sp³-hybridized carbons (Fsp3) is 0.667. The number of nitrogens with one attached hydrogen (secondary N) is 1. The van der Waals surface area contributed by atoms with Crippen molar-refractivity contribution in [2.24, 2.45) is 23.2 Å². The standard InChI is InChI=1S/C24H33NO3/c1-23(2,3)19-7-5-18(6-8-19)21(26)25-20(22(27)28-4)24-12-15-9-16(13-24)11-17(10-15)14-24/h5-8,15-17,20H,9-14H2,1-4H3,(H,25,26). The van der Waals surface area contributed by atoms with Crippen molar-refractivity contribution in [1.82, 2.24) is 5.32 Å². The van der Waals surface area contributed by atoms with E-state index >= 15 is 0 Å². The first-order valence-corrected chi connectivity index (χ1v) is 10.7. The van der Waals surface area contributed by atoms with Gasteiger partial charge in [-0.15, -0.1) is 0 Å². The Morgan fingerprint density at radius 2 is 1.50 bits per heavy atom. The summed E-state index contributed by atoms with van der Waals surface area (Å²) in [7, 11) is 1.43. The Morgan fingerprint density at radius 3 is 1.93 bits per heavy atom. The highest BCUT2D eigenvalue weighted by Crippen LogP contribution is 2.61. The third-order valence-corrected chi connectivity index (χ3v) is 7.42. The van der Waals surface area contributed by atoms with E-state index in [1.165, 1.54) is 31.9 Å². The first-order valence-electron chi connectivity index (χ1n) is 10.7. The van der Waals surface area contributed by atoms with E-state index in [0.717, 1.165) is 19.3 Å². The molecule has 4 saturated carbocycles. The maximum Gasteiger partial charge on any atom is 0.328 e. The van der Waals surface area contributed by atoms with E-state index in [1.807, 2.05) is 24.3 Å². The van der Waals surface area contributed by atoms with Crippen molar-refractivity contribution in [2.45, 2.75) is 70.8 Å². The largest absolute Gasteiger partial charge is 0.467 e. The maximum atomic E-state index is 13.0. The summed E-state index contributed by atoms with van der Waals surface area (Å²) in [4.78, 5) is 25.8. The second-order valence-corrected chi connectivity index (χ2v) is 10.5. The van der Waals surface area contributed by atoms with Gasteiger partial charge in [0.15, 0.2) is 0 Å². The fourth-order valence-electron chi connectivity index (χ4n) is 6.45. The van der Waals surface area contributed by atoms with Crippen LogP contribution in [0.3, 0.4) is 0 Å². The zero-order valence-corrected chi connectivity index (χ0v) is 17.6. The van der Waals surface area contributed by atoms with Gasteiger partial charge in [-0.05, 0) is 79.4 Å². The van der Waals surface area contributed by atoms with Crippen LogP contribution in [0.25, 0.3) is 0 Å². The lowest BCUT2D eigenvalue weighted by molar-refractivity contribution is -0.154. The van der Waals surface area contributed by atoms with Crippen LogP contribution in [-0.2, 0) is 14.9 Å². The van der Waals surface area contributed by atoms with Crippen molar-refractivity contribution in [2.75, 3.05) is 7.11 Å². The van der Waals surface area contributed by atoms with Gasteiger partial charge < -0.3 is 10.1 Å². The van der Waals surface area contributed by atoms with Crippen LogP contribution >= 0.6 is 0 Å². The molecule has 4 bridgehead atoms. The molecule has 1 aromatic carbocycles. The SMILES string of the molecule is COC(=O)C(NC(=O)c1ccc(C(C)(C)C)cc1)C12CC3CC(CC(C3)C1)C2. The van der Waals surface area contributed by atoms with Crippen LogP contribution < -0.4 is 5.32 Å². The number of methoxy groups -OCH3 is 1. The molecule has 4 aliphatic rings. The number of ether oxygens (including phenoxy) is 1. The normalized spacial score (nSPS) is 32.1. The van der Waals surface area contributed by atoms with Gasteiger partial charge in [-0.25, -0.2) is 4.79 Å². The summed E-state index contributed by atoms with van der Waals surface area (Å²) in [5.41, 5.74) is 1.72. The zero-order chi connectivity index (χ0) is 20.1. The molecule has 4 fully saturated rings. The summed E-state index contributed by atoms with van der Waals surface area (Å²) >= 11 is 0. The number of rotatable bonds is 4. The monoisotopic (exact) mass is 383 g/mol. The molecular weight excluding hydrogens is 350 g/mol. The summed E-state index contributed by atoms with van der Waals surface area (Å²) < 4.78 is 5.15. The molecule has 0 aromatic heterocycles. The minimum atomic E-state index is -0.541. The molecule has 4 heteroatoms. The number of benzene rings is 1. The van der Waals surface area contributed by atoms with Crippen LogP contribution in [0.2, 0.25) is 0 Å². The summed E-state index contributed by atoms with van der Waals surface area (Å²) in [6.45, 7) is 6.47. The van der Waals surface area contributed by atoms with Gasteiger partial charge >= 0.3 is 5.97 Å². The molecule has 4 nitrogen and oxygen atoms in total. The molecule has 0 saturated heterocycles. The van der Waals surface area contributed by atoms with Gasteiger partial charge in [0.05, 0.1) is 7.11 Å². The minimum absolute atomic E-state index is 0.0444. The average Bonchev–Trinajstić information content (AvgIpc) is 2.63. The Bertz CT molecular complexity index is 724. The quantitative estimate of drug-likeness (QED) is 0.781. The third-order valence-electron chi connectivity index (χ3n) is 7.42. The van der Waals surface area contributed by atoms with Crippen LogP contribution in [0.15, 0.2) is 24.3 Å². The number of carbonyl (C=O) groups is 2. The first kappa shape index (κ1) is 19.5. The van der Waals surface area contributed by atoms with E-state index in [2.05, 4.69) is 26.1 Å². The van der Waals surface area contributed by atoms with Crippen LogP contribution in [0.1, 0.15) is 75.2 Å². The van der Waals surface area contributed by atoms with Gasteiger partial charge in [-0.1, -0.05) is 32.9 Å². The minimum Gasteiger partial charge on any atom is -0.467 e. The van der Waals surface area contributed by atoms with Crippen molar-refractivity contribution < 1.29 is 14.3 Å². The molecule has 28 heavy (non-hydrogen) atoms. The van der Waals surface area contributed by atoms with E-state index in [0.29, 0.717) is 23.3 Å². The molecule has 152 valence electrons. The molecule has 0 radical (unpaired) electrons. The average molecular weight is 384 g/mol. The molecule has 1 amide bonds. The van der Waals surface area contributed by atoms with E-state index in [1.54, 1.807) is 0 Å². The Labute approximate surface area is 168 Å². The molecule has 1 unspecified atom stereocenters. The van der Waals surface area contributed by atoms with Crippen molar-refractivity contribution in [1.29, 1.82) is 0 Å². The number of amides is 1. The molecule has 1 atom stereocenters. The molecule has 0 spiro atoms. The van der Waals surface area contributed by atoms with E-state index in [9.17, 15) is 9.59 Å². The number of esters is 1. The number of carbonyl (C=O) groups excluding carboxylic acids is 2. The van der Waals surface area contributed by atoms with Gasteiger partial charge in [0, 0.05) is 11.0 Å². The van der Waals surface area contributed by atoms with Crippen molar-refractivity contribution >= 4 is 11.9 Å². The number of hydrogen-bond acceptors (Lipinski definition) is 3. The lowest BCUT2D eigenvalue weighted by Gasteiger charge is -2.58. The fourth-order valence-corrected chi connectivity index (χ4v) is 6.45. The summed E-state index contributed by atoms with van der Waals surface area (Å²) in [5, 5.41) is 3.09. The Balaban J connectivity index is 1.56. The topological polar surface area (TPSA) is 55.4 Å². The lowest BCUT2D eigenvalue weighted by atomic mass is 9.47. The second kappa shape index (κ2) is 6.89. The Hall–Kier alpha value is -1.84. The zero-order valence-electron chi connectivity index (χ0n) is 17.6. The van der Waals surface area contributed by atoms with Crippen molar-refractivity contribution in [3.8, 4) is 0 Å².